The number of piperazine rings is 1. The highest BCUT2D eigenvalue weighted by Crippen LogP contribution is 2.34. The number of aryl methyl sites for hydroxylation is 1. The van der Waals surface area contributed by atoms with E-state index < -0.39 is 0 Å². The van der Waals surface area contributed by atoms with Gasteiger partial charge < -0.3 is 29.6 Å². The van der Waals surface area contributed by atoms with Gasteiger partial charge in [0.15, 0.2) is 0 Å². The van der Waals surface area contributed by atoms with Crippen molar-refractivity contribution >= 4 is 38.9 Å². The molecule has 7 nitrogen and oxygen atoms in total. The molecule has 0 amide bonds. The van der Waals surface area contributed by atoms with Crippen LogP contribution < -0.4 is 30.4 Å². The molecule has 4 aromatic rings. The Kier molecular flexibility index (Phi) is 5.24. The summed E-state index contributed by atoms with van der Waals surface area (Å²) < 4.78 is 13.0. The average Bonchev–Trinajstić information content (AvgIpc) is 2.87. The lowest BCUT2D eigenvalue weighted by Gasteiger charge is -2.38. The van der Waals surface area contributed by atoms with Crippen LogP contribution in [0.1, 0.15) is 0 Å². The highest BCUT2D eigenvalue weighted by atomic mass is 16.5. The molecule has 2 N–H and O–H groups in total. The Bertz CT molecular complexity index is 1390. The van der Waals surface area contributed by atoms with Crippen LogP contribution in [0.25, 0.3) is 21.8 Å². The number of para-hydroxylation sites is 1. The molecule has 0 radical (unpaired) electrons. The van der Waals surface area contributed by atoms with Crippen molar-refractivity contribution in [3.05, 3.63) is 64.8 Å². The minimum atomic E-state index is -0.0928. The van der Waals surface area contributed by atoms with Crippen LogP contribution >= 0.6 is 0 Å². The van der Waals surface area contributed by atoms with Crippen LogP contribution in [0, 0.1) is 0 Å². The standard InChI is InChI=1S/C26H28N4O3/c1-28-21-16-22(30-11-9-29(10-12-30)17-7-5-4-6-8-17)20(27)15-19(21)26(31)25-23(28)13-18(32-2)14-24(25)33-3/h4-8,13-16H,9-12,27H2,1-3H3. The zero-order valence-corrected chi connectivity index (χ0v) is 19.2. The predicted octanol–water partition coefficient (Wildman–Crippen LogP) is 3.62. The van der Waals surface area contributed by atoms with Gasteiger partial charge in [0, 0.05) is 56.4 Å². The van der Waals surface area contributed by atoms with E-state index in [9.17, 15) is 4.79 Å². The Morgan fingerprint density at radius 3 is 2.21 bits per heavy atom. The number of nitrogens with zero attached hydrogens (tertiary/aromatic N) is 3. The molecule has 1 fully saturated rings. The van der Waals surface area contributed by atoms with E-state index in [0.717, 1.165) is 42.9 Å². The van der Waals surface area contributed by atoms with Gasteiger partial charge >= 0.3 is 0 Å². The van der Waals surface area contributed by atoms with Gasteiger partial charge in [-0.3, -0.25) is 4.79 Å². The Hall–Kier alpha value is -3.87. The second-order valence-electron chi connectivity index (χ2n) is 8.35. The van der Waals surface area contributed by atoms with E-state index in [1.165, 1.54) is 5.69 Å². The van der Waals surface area contributed by atoms with Crippen LogP contribution in [0.5, 0.6) is 11.5 Å². The second-order valence-corrected chi connectivity index (χ2v) is 8.35. The van der Waals surface area contributed by atoms with Gasteiger partial charge in [0.05, 0.1) is 42.0 Å². The number of rotatable bonds is 4. The zero-order valence-electron chi connectivity index (χ0n) is 19.2. The summed E-state index contributed by atoms with van der Waals surface area (Å²) in [4.78, 5) is 18.1. The molecule has 0 unspecified atom stereocenters. The van der Waals surface area contributed by atoms with Crippen LogP contribution in [0.4, 0.5) is 17.1 Å². The molecule has 1 aliphatic heterocycles. The van der Waals surface area contributed by atoms with Crippen LogP contribution in [0.15, 0.2) is 59.4 Å². The third kappa shape index (κ3) is 3.50. The maximum Gasteiger partial charge on any atom is 0.201 e. The average molecular weight is 445 g/mol. The van der Waals surface area contributed by atoms with E-state index in [0.29, 0.717) is 28.0 Å². The van der Waals surface area contributed by atoms with Gasteiger partial charge in [-0.1, -0.05) is 18.2 Å². The molecule has 7 heteroatoms. The molecule has 1 aromatic heterocycles. The molecule has 0 spiro atoms. The molecule has 3 aromatic carbocycles. The van der Waals surface area contributed by atoms with E-state index in [-0.39, 0.29) is 5.43 Å². The summed E-state index contributed by atoms with van der Waals surface area (Å²) in [6.07, 6.45) is 0. The molecule has 0 bridgehead atoms. The zero-order chi connectivity index (χ0) is 23.1. The molecule has 2 heterocycles. The first-order valence-electron chi connectivity index (χ1n) is 11.0. The fraction of sp³-hybridized carbons (Fsp3) is 0.269. The second kappa shape index (κ2) is 8.24. The Balaban J connectivity index is 1.58. The first-order chi connectivity index (χ1) is 16.0. The van der Waals surface area contributed by atoms with Gasteiger partial charge in [-0.05, 0) is 24.3 Å². The lowest BCUT2D eigenvalue weighted by molar-refractivity contribution is 0.397. The van der Waals surface area contributed by atoms with E-state index in [4.69, 9.17) is 15.2 Å². The number of anilines is 3. The molecular formula is C26H28N4O3. The lowest BCUT2D eigenvalue weighted by atomic mass is 10.1. The van der Waals surface area contributed by atoms with Crippen molar-refractivity contribution in [3.63, 3.8) is 0 Å². The third-order valence-electron chi connectivity index (χ3n) is 6.59. The Morgan fingerprint density at radius 2 is 1.55 bits per heavy atom. The van der Waals surface area contributed by atoms with Crippen molar-refractivity contribution in [1.29, 1.82) is 0 Å². The van der Waals surface area contributed by atoms with Gasteiger partial charge in [-0.2, -0.15) is 0 Å². The molecular weight excluding hydrogens is 416 g/mol. The number of methoxy groups -OCH3 is 2. The number of nitrogens with two attached hydrogens (primary N) is 1. The molecule has 33 heavy (non-hydrogen) atoms. The molecule has 0 saturated carbocycles. The summed E-state index contributed by atoms with van der Waals surface area (Å²) in [6.45, 7) is 3.53. The SMILES string of the molecule is COc1cc(OC)c2c(=O)c3cc(N)c(N4CCN(c5ccccc5)CC4)cc3n(C)c2c1. The lowest BCUT2D eigenvalue weighted by Crippen LogP contribution is -2.46. The van der Waals surface area contributed by atoms with Gasteiger partial charge in [0.25, 0.3) is 0 Å². The summed E-state index contributed by atoms with van der Waals surface area (Å²) >= 11 is 0. The van der Waals surface area contributed by atoms with Gasteiger partial charge in [-0.25, -0.2) is 0 Å². The topological polar surface area (TPSA) is 73.0 Å². The summed E-state index contributed by atoms with van der Waals surface area (Å²) in [6, 6.07) is 17.9. The maximum absolute atomic E-state index is 13.4. The van der Waals surface area contributed by atoms with E-state index >= 15 is 0 Å². The number of hydrogen-bond donors (Lipinski definition) is 1. The van der Waals surface area contributed by atoms with Gasteiger partial charge in [-0.15, -0.1) is 0 Å². The summed E-state index contributed by atoms with van der Waals surface area (Å²) in [5.41, 5.74) is 10.8. The first kappa shape index (κ1) is 21.0. The van der Waals surface area contributed by atoms with Crippen LogP contribution in [0.3, 0.4) is 0 Å². The monoisotopic (exact) mass is 444 g/mol. The number of pyridine rings is 1. The molecule has 0 aliphatic carbocycles. The smallest absolute Gasteiger partial charge is 0.201 e. The number of nitrogen functional groups attached to an aromatic ring is 1. The molecule has 5 rings (SSSR count). The predicted molar refractivity (Wildman–Crippen MR) is 135 cm³/mol. The summed E-state index contributed by atoms with van der Waals surface area (Å²) in [7, 11) is 5.12. The molecule has 1 saturated heterocycles. The maximum atomic E-state index is 13.4. The fourth-order valence-corrected chi connectivity index (χ4v) is 4.78. The quantitative estimate of drug-likeness (QED) is 0.383. The first-order valence-corrected chi connectivity index (χ1v) is 11.0. The third-order valence-corrected chi connectivity index (χ3v) is 6.59. The largest absolute Gasteiger partial charge is 0.497 e. The van der Waals surface area contributed by atoms with E-state index in [1.54, 1.807) is 26.4 Å². The van der Waals surface area contributed by atoms with Crippen LogP contribution in [-0.4, -0.2) is 45.0 Å². The van der Waals surface area contributed by atoms with Gasteiger partial charge in [0.1, 0.15) is 11.5 Å². The number of ether oxygens (including phenoxy) is 2. The Labute approximate surface area is 192 Å². The molecule has 1 aliphatic rings. The number of fused-ring (bicyclic) bond motifs is 2. The molecule has 0 atom stereocenters. The van der Waals surface area contributed by atoms with Crippen molar-refractivity contribution in [2.24, 2.45) is 7.05 Å². The van der Waals surface area contributed by atoms with E-state index in [1.807, 2.05) is 29.8 Å². The number of hydrogen-bond acceptors (Lipinski definition) is 6. The molecule has 170 valence electrons. The number of benzene rings is 3. The van der Waals surface area contributed by atoms with Gasteiger partial charge in [0.2, 0.25) is 5.43 Å². The summed E-state index contributed by atoms with van der Waals surface area (Å²) in [5.74, 6) is 1.13. The normalized spacial score (nSPS) is 14.2. The highest BCUT2D eigenvalue weighted by Gasteiger charge is 2.22. The van der Waals surface area contributed by atoms with Crippen LogP contribution in [0.2, 0.25) is 0 Å². The van der Waals surface area contributed by atoms with Crippen molar-refractivity contribution in [3.8, 4) is 11.5 Å². The summed E-state index contributed by atoms with van der Waals surface area (Å²) in [5, 5.41) is 1.11. The Morgan fingerprint density at radius 1 is 0.848 bits per heavy atom. The minimum Gasteiger partial charge on any atom is -0.497 e. The van der Waals surface area contributed by atoms with Crippen molar-refractivity contribution in [1.82, 2.24) is 4.57 Å². The highest BCUT2D eigenvalue weighted by molar-refractivity contribution is 6.00. The number of aromatic nitrogens is 1. The van der Waals surface area contributed by atoms with Crippen molar-refractivity contribution in [2.45, 2.75) is 0 Å². The van der Waals surface area contributed by atoms with Crippen LogP contribution in [-0.2, 0) is 7.05 Å². The van der Waals surface area contributed by atoms with Crippen molar-refractivity contribution < 1.29 is 9.47 Å². The van der Waals surface area contributed by atoms with Crippen molar-refractivity contribution in [2.75, 3.05) is 55.9 Å². The fourth-order valence-electron chi connectivity index (χ4n) is 4.78. The minimum absolute atomic E-state index is 0.0928. The van der Waals surface area contributed by atoms with E-state index in [2.05, 4.69) is 34.1 Å².